The van der Waals surface area contributed by atoms with E-state index in [1.807, 2.05) is 12.1 Å². The van der Waals surface area contributed by atoms with Gasteiger partial charge < -0.3 is 20.3 Å². The summed E-state index contributed by atoms with van der Waals surface area (Å²) in [6, 6.07) is 15.2. The lowest BCUT2D eigenvalue weighted by Crippen LogP contribution is -2.41. The fraction of sp³-hybridized carbons (Fsp3) is 0.520. The number of rotatable bonds is 8. The molecular formula is C25H34NO5P. The van der Waals surface area contributed by atoms with Gasteiger partial charge in [-0.25, -0.2) is 4.57 Å². The van der Waals surface area contributed by atoms with Crippen LogP contribution < -0.4 is 10.5 Å². The Morgan fingerprint density at radius 2 is 1.91 bits per heavy atom. The van der Waals surface area contributed by atoms with Gasteiger partial charge in [0.05, 0.1) is 13.7 Å². The smallest absolute Gasteiger partial charge is 0.469 e. The zero-order chi connectivity index (χ0) is 22.8. The van der Waals surface area contributed by atoms with Crippen LogP contribution in [0.3, 0.4) is 0 Å². The van der Waals surface area contributed by atoms with Crippen LogP contribution in [-0.4, -0.2) is 29.0 Å². The van der Waals surface area contributed by atoms with Gasteiger partial charge in [-0.2, -0.15) is 0 Å². The van der Waals surface area contributed by atoms with Crippen molar-refractivity contribution >= 4 is 7.82 Å². The van der Waals surface area contributed by atoms with Crippen molar-refractivity contribution in [3.8, 4) is 5.75 Å². The summed E-state index contributed by atoms with van der Waals surface area (Å²) in [5, 5.41) is 0. The van der Waals surface area contributed by atoms with Crippen molar-refractivity contribution in [3.63, 3.8) is 0 Å². The van der Waals surface area contributed by atoms with Gasteiger partial charge >= 0.3 is 7.82 Å². The highest BCUT2D eigenvalue weighted by molar-refractivity contribution is 7.46. The SMILES string of the molecule is COc1ccc(CC[C@@H]2CCc3cc([C@@H]4CC[C@](N)(COP(=O)(O)O)C4)ccc3C2)cc1. The van der Waals surface area contributed by atoms with E-state index in [9.17, 15) is 4.57 Å². The molecule has 7 heteroatoms. The van der Waals surface area contributed by atoms with Gasteiger partial charge in [0, 0.05) is 5.54 Å². The Bertz CT molecular complexity index is 973. The van der Waals surface area contributed by atoms with E-state index in [1.54, 1.807) is 7.11 Å². The minimum atomic E-state index is -4.49. The molecule has 0 bridgehead atoms. The van der Waals surface area contributed by atoms with Crippen LogP contribution >= 0.6 is 7.82 Å². The third-order valence-electron chi connectivity index (χ3n) is 7.20. The maximum atomic E-state index is 11.0. The molecule has 3 atom stereocenters. The van der Waals surface area contributed by atoms with Crippen molar-refractivity contribution in [1.82, 2.24) is 0 Å². The minimum Gasteiger partial charge on any atom is -0.497 e. The summed E-state index contributed by atoms with van der Waals surface area (Å²) >= 11 is 0. The Hall–Kier alpha value is -1.69. The Kier molecular flexibility index (Phi) is 7.09. The van der Waals surface area contributed by atoms with Gasteiger partial charge in [0.25, 0.3) is 0 Å². The molecule has 0 aliphatic heterocycles. The average Bonchev–Trinajstić information content (AvgIpc) is 3.18. The predicted molar refractivity (Wildman–Crippen MR) is 125 cm³/mol. The Morgan fingerprint density at radius 1 is 1.12 bits per heavy atom. The Labute approximate surface area is 190 Å². The largest absolute Gasteiger partial charge is 0.497 e. The molecule has 6 nitrogen and oxygen atoms in total. The molecule has 32 heavy (non-hydrogen) atoms. The predicted octanol–water partition coefficient (Wildman–Crippen LogP) is 4.51. The molecule has 2 aromatic carbocycles. The quantitative estimate of drug-likeness (QED) is 0.502. The van der Waals surface area contributed by atoms with Crippen LogP contribution in [0, 0.1) is 5.92 Å². The second-order valence-electron chi connectivity index (χ2n) is 9.59. The molecule has 4 rings (SSSR count). The van der Waals surface area contributed by atoms with E-state index < -0.39 is 13.4 Å². The zero-order valence-corrected chi connectivity index (χ0v) is 19.6. The lowest BCUT2D eigenvalue weighted by molar-refractivity contribution is 0.153. The van der Waals surface area contributed by atoms with Crippen LogP contribution in [-0.2, 0) is 28.4 Å². The second kappa shape index (κ2) is 9.66. The van der Waals surface area contributed by atoms with Crippen LogP contribution in [0.5, 0.6) is 5.75 Å². The van der Waals surface area contributed by atoms with E-state index in [1.165, 1.54) is 35.1 Å². The van der Waals surface area contributed by atoms with Crippen molar-refractivity contribution in [1.29, 1.82) is 0 Å². The molecule has 1 saturated carbocycles. The molecule has 0 saturated heterocycles. The van der Waals surface area contributed by atoms with Crippen LogP contribution in [0.25, 0.3) is 0 Å². The third-order valence-corrected chi connectivity index (χ3v) is 7.66. The summed E-state index contributed by atoms with van der Waals surface area (Å²) in [5.74, 6) is 1.93. The third kappa shape index (κ3) is 6.00. The van der Waals surface area contributed by atoms with E-state index in [2.05, 4.69) is 30.3 Å². The number of phosphoric acid groups is 1. The molecule has 2 aliphatic rings. The number of benzene rings is 2. The van der Waals surface area contributed by atoms with Crippen molar-refractivity contribution in [2.24, 2.45) is 11.7 Å². The highest BCUT2D eigenvalue weighted by Gasteiger charge is 2.38. The van der Waals surface area contributed by atoms with E-state index >= 15 is 0 Å². The summed E-state index contributed by atoms with van der Waals surface area (Å²) in [6.45, 7) is -0.103. The minimum absolute atomic E-state index is 0.103. The molecule has 174 valence electrons. The highest BCUT2D eigenvalue weighted by atomic mass is 31.2. The number of fused-ring (bicyclic) bond motifs is 1. The van der Waals surface area contributed by atoms with Gasteiger partial charge in [-0.1, -0.05) is 30.3 Å². The molecular weight excluding hydrogens is 425 g/mol. The molecule has 0 amide bonds. The second-order valence-corrected chi connectivity index (χ2v) is 10.8. The number of hydrogen-bond donors (Lipinski definition) is 3. The normalized spacial score (nSPS) is 25.5. The summed E-state index contributed by atoms with van der Waals surface area (Å²) in [5.41, 5.74) is 11.3. The maximum Gasteiger partial charge on any atom is 0.469 e. The number of phosphoric ester groups is 1. The molecule has 0 spiro atoms. The van der Waals surface area contributed by atoms with Gasteiger partial charge in [0.1, 0.15) is 5.75 Å². The van der Waals surface area contributed by atoms with Crippen molar-refractivity contribution in [2.45, 2.75) is 62.8 Å². The van der Waals surface area contributed by atoms with E-state index in [0.29, 0.717) is 24.7 Å². The fourth-order valence-corrected chi connectivity index (χ4v) is 5.72. The Balaban J connectivity index is 1.32. The van der Waals surface area contributed by atoms with E-state index in [4.69, 9.17) is 24.8 Å². The zero-order valence-electron chi connectivity index (χ0n) is 18.7. The molecule has 0 unspecified atom stereocenters. The first-order chi connectivity index (χ1) is 15.2. The molecule has 1 fully saturated rings. The fourth-order valence-electron chi connectivity index (χ4n) is 5.30. The van der Waals surface area contributed by atoms with Crippen LogP contribution in [0.15, 0.2) is 42.5 Å². The summed E-state index contributed by atoms with van der Waals surface area (Å²) in [4.78, 5) is 18.0. The van der Waals surface area contributed by atoms with Crippen LogP contribution in [0.2, 0.25) is 0 Å². The summed E-state index contributed by atoms with van der Waals surface area (Å²) in [6.07, 6.45) is 8.08. The van der Waals surface area contributed by atoms with E-state index in [0.717, 1.165) is 31.4 Å². The summed E-state index contributed by atoms with van der Waals surface area (Å²) < 4.78 is 21.0. The van der Waals surface area contributed by atoms with Crippen molar-refractivity contribution in [3.05, 3.63) is 64.7 Å². The Morgan fingerprint density at radius 3 is 2.62 bits per heavy atom. The summed E-state index contributed by atoms with van der Waals surface area (Å²) in [7, 11) is -2.79. The van der Waals surface area contributed by atoms with Gasteiger partial charge in [-0.3, -0.25) is 4.52 Å². The number of methoxy groups -OCH3 is 1. The van der Waals surface area contributed by atoms with Crippen molar-refractivity contribution in [2.75, 3.05) is 13.7 Å². The van der Waals surface area contributed by atoms with Crippen LogP contribution in [0.4, 0.5) is 0 Å². The first-order valence-electron chi connectivity index (χ1n) is 11.5. The molecule has 0 heterocycles. The molecule has 2 aromatic rings. The lowest BCUT2D eigenvalue weighted by Gasteiger charge is -2.27. The van der Waals surface area contributed by atoms with Gasteiger partial charge in [0.2, 0.25) is 0 Å². The highest BCUT2D eigenvalue weighted by Crippen LogP contribution is 2.44. The first-order valence-corrected chi connectivity index (χ1v) is 13.0. The van der Waals surface area contributed by atoms with Crippen molar-refractivity contribution < 1.29 is 23.6 Å². The number of nitrogens with two attached hydrogens (primary N) is 1. The molecule has 4 N–H and O–H groups in total. The average molecular weight is 460 g/mol. The number of hydrogen-bond acceptors (Lipinski definition) is 4. The number of ether oxygens (including phenoxy) is 1. The van der Waals surface area contributed by atoms with Gasteiger partial charge in [0.15, 0.2) is 0 Å². The molecule has 0 aromatic heterocycles. The standard InChI is InChI=1S/C25H34NO5P/c1-30-24-10-5-18(6-11-24)2-3-19-4-7-21-15-22(9-8-20(21)14-19)23-12-13-25(26,16-23)17-31-32(27,28)29/h5-6,8-11,15,19,23H,2-4,7,12-14,16-17,26H2,1H3,(H2,27,28,29)/t19-,23-,25-/m1/s1. The first kappa shape index (κ1) is 23.5. The topological polar surface area (TPSA) is 102 Å². The maximum absolute atomic E-state index is 11.0. The number of aryl methyl sites for hydroxylation is 2. The monoisotopic (exact) mass is 459 g/mol. The van der Waals surface area contributed by atoms with Gasteiger partial charge in [-0.05, 0) is 97.6 Å². The lowest BCUT2D eigenvalue weighted by atomic mass is 9.79. The van der Waals surface area contributed by atoms with Gasteiger partial charge in [-0.15, -0.1) is 0 Å². The molecule has 0 radical (unpaired) electrons. The molecule has 2 aliphatic carbocycles. The van der Waals surface area contributed by atoms with Crippen LogP contribution in [0.1, 0.15) is 60.3 Å². The van der Waals surface area contributed by atoms with E-state index in [-0.39, 0.29) is 6.61 Å².